The number of rotatable bonds is 5. The topological polar surface area (TPSA) is 77.1 Å². The Balaban J connectivity index is 1.38. The molecule has 0 spiro atoms. The number of carbonyl (C=O) groups is 1. The molecular formula is C18H17N3O3S. The molecule has 2 heterocycles. The number of anilines is 1. The summed E-state index contributed by atoms with van der Waals surface area (Å²) in [7, 11) is 0. The van der Waals surface area contributed by atoms with Crippen LogP contribution in [0, 0.1) is 0 Å². The van der Waals surface area contributed by atoms with E-state index in [4.69, 9.17) is 4.42 Å². The molecule has 1 N–H and O–H groups in total. The van der Waals surface area contributed by atoms with Crippen LogP contribution in [0.3, 0.4) is 0 Å². The quantitative estimate of drug-likeness (QED) is 0.763. The van der Waals surface area contributed by atoms with Crippen molar-refractivity contribution in [2.75, 3.05) is 5.32 Å². The van der Waals surface area contributed by atoms with Crippen LogP contribution in [0.15, 0.2) is 44.9 Å². The van der Waals surface area contributed by atoms with Crippen molar-refractivity contribution in [3.05, 3.63) is 57.4 Å². The van der Waals surface area contributed by atoms with Gasteiger partial charge in [-0.3, -0.25) is 4.79 Å². The summed E-state index contributed by atoms with van der Waals surface area (Å²) in [4.78, 5) is 24.8. The van der Waals surface area contributed by atoms with Crippen LogP contribution in [-0.4, -0.2) is 15.7 Å². The van der Waals surface area contributed by atoms with E-state index in [0.29, 0.717) is 5.89 Å². The van der Waals surface area contributed by atoms with Crippen LogP contribution < -0.4 is 11.1 Å². The summed E-state index contributed by atoms with van der Waals surface area (Å²) in [5.74, 6) is -0.404. The van der Waals surface area contributed by atoms with Gasteiger partial charge in [0, 0.05) is 12.1 Å². The molecular weight excluding hydrogens is 338 g/mol. The Morgan fingerprint density at radius 2 is 2.16 bits per heavy atom. The monoisotopic (exact) mass is 355 g/mol. The maximum Gasteiger partial charge on any atom is 0.437 e. The van der Waals surface area contributed by atoms with E-state index in [0.717, 1.165) is 23.4 Å². The highest BCUT2D eigenvalue weighted by Gasteiger charge is 2.14. The van der Waals surface area contributed by atoms with Crippen LogP contribution in [0.2, 0.25) is 0 Å². The predicted molar refractivity (Wildman–Crippen MR) is 95.8 cm³/mol. The second-order valence-corrected chi connectivity index (χ2v) is 6.96. The number of hydrogen-bond donors (Lipinski definition) is 1. The van der Waals surface area contributed by atoms with Crippen LogP contribution in [0.1, 0.15) is 24.0 Å². The summed E-state index contributed by atoms with van der Waals surface area (Å²) >= 11 is 1.45. The predicted octanol–water partition coefficient (Wildman–Crippen LogP) is 3.08. The number of hydrogen-bond acceptors (Lipinski definition) is 5. The maximum atomic E-state index is 12.1. The van der Waals surface area contributed by atoms with E-state index < -0.39 is 5.76 Å². The van der Waals surface area contributed by atoms with Crippen molar-refractivity contribution < 1.29 is 9.21 Å². The normalized spacial score (nSPS) is 13.0. The first kappa shape index (κ1) is 15.8. The number of nitrogens with one attached hydrogen (secondary N) is 1. The molecule has 0 fully saturated rings. The molecule has 3 aromatic rings. The molecule has 4 rings (SSSR count). The van der Waals surface area contributed by atoms with Gasteiger partial charge in [-0.15, -0.1) is 16.4 Å². The van der Waals surface area contributed by atoms with E-state index in [2.05, 4.69) is 16.5 Å². The lowest BCUT2D eigenvalue weighted by molar-refractivity contribution is -0.116. The zero-order valence-electron chi connectivity index (χ0n) is 13.5. The minimum atomic E-state index is -0.547. The molecule has 0 saturated heterocycles. The maximum absolute atomic E-state index is 12.1. The lowest BCUT2D eigenvalue weighted by atomic mass is 10.1. The Morgan fingerprint density at radius 3 is 3.00 bits per heavy atom. The Hall–Kier alpha value is -2.67. The molecule has 0 bridgehead atoms. The van der Waals surface area contributed by atoms with Crippen molar-refractivity contribution in [2.45, 2.75) is 32.2 Å². The smallest absolute Gasteiger partial charge is 0.387 e. The highest BCUT2D eigenvalue weighted by Crippen LogP contribution is 2.25. The summed E-state index contributed by atoms with van der Waals surface area (Å²) in [6.45, 7) is 0.185. The van der Waals surface area contributed by atoms with Crippen molar-refractivity contribution in [1.29, 1.82) is 0 Å². The van der Waals surface area contributed by atoms with E-state index in [1.54, 1.807) is 0 Å². The third-order valence-electron chi connectivity index (χ3n) is 4.27. The van der Waals surface area contributed by atoms with Gasteiger partial charge in [-0.2, -0.15) is 4.68 Å². The van der Waals surface area contributed by atoms with Crippen molar-refractivity contribution >= 4 is 22.9 Å². The molecule has 1 amide bonds. The standard InChI is InChI=1S/C18H17N3O3S/c22-16(19-14-7-6-12-3-1-4-13(12)11-14)8-9-21-18(23)24-17(20-21)15-5-2-10-25-15/h2,5-7,10-11H,1,3-4,8-9H2,(H,19,22). The highest BCUT2D eigenvalue weighted by molar-refractivity contribution is 7.13. The highest BCUT2D eigenvalue weighted by atomic mass is 32.1. The zero-order chi connectivity index (χ0) is 17.2. The number of aryl methyl sites for hydroxylation is 3. The number of carbonyl (C=O) groups excluding carboxylic acids is 1. The van der Waals surface area contributed by atoms with Gasteiger partial charge in [-0.05, 0) is 54.0 Å². The zero-order valence-corrected chi connectivity index (χ0v) is 14.3. The van der Waals surface area contributed by atoms with Crippen LogP contribution in [-0.2, 0) is 24.2 Å². The number of benzene rings is 1. The van der Waals surface area contributed by atoms with Gasteiger partial charge in [0.1, 0.15) is 0 Å². The molecule has 1 aromatic carbocycles. The van der Waals surface area contributed by atoms with Crippen LogP contribution >= 0.6 is 11.3 Å². The largest absolute Gasteiger partial charge is 0.437 e. The Kier molecular flexibility index (Phi) is 4.23. The second-order valence-electron chi connectivity index (χ2n) is 6.01. The minimum absolute atomic E-state index is 0.148. The number of thiophene rings is 1. The minimum Gasteiger partial charge on any atom is -0.387 e. The average Bonchev–Trinajstić information content (AvgIpc) is 3.33. The summed E-state index contributed by atoms with van der Waals surface area (Å²) in [6.07, 6.45) is 3.52. The molecule has 25 heavy (non-hydrogen) atoms. The first-order valence-corrected chi connectivity index (χ1v) is 9.10. The van der Waals surface area contributed by atoms with Gasteiger partial charge >= 0.3 is 5.76 Å². The summed E-state index contributed by atoms with van der Waals surface area (Å²) in [5.41, 5.74) is 3.48. The molecule has 6 nitrogen and oxygen atoms in total. The number of aromatic nitrogens is 2. The van der Waals surface area contributed by atoms with Gasteiger partial charge in [-0.25, -0.2) is 4.79 Å². The van der Waals surface area contributed by atoms with Crippen molar-refractivity contribution in [1.82, 2.24) is 9.78 Å². The van der Waals surface area contributed by atoms with Crippen molar-refractivity contribution in [3.8, 4) is 10.8 Å². The Labute approximate surface area is 148 Å². The van der Waals surface area contributed by atoms with E-state index in [1.807, 2.05) is 29.6 Å². The van der Waals surface area contributed by atoms with Crippen LogP contribution in [0.25, 0.3) is 10.8 Å². The van der Waals surface area contributed by atoms with Gasteiger partial charge in [0.25, 0.3) is 5.89 Å². The molecule has 128 valence electrons. The van der Waals surface area contributed by atoms with Crippen LogP contribution in [0.4, 0.5) is 5.69 Å². The summed E-state index contributed by atoms with van der Waals surface area (Å²) < 4.78 is 6.33. The number of nitrogens with zero attached hydrogens (tertiary/aromatic N) is 2. The lowest BCUT2D eigenvalue weighted by Gasteiger charge is -2.07. The van der Waals surface area contributed by atoms with Crippen molar-refractivity contribution in [2.24, 2.45) is 0 Å². The third-order valence-corrected chi connectivity index (χ3v) is 5.13. The van der Waals surface area contributed by atoms with E-state index in [9.17, 15) is 9.59 Å². The molecule has 1 aliphatic carbocycles. The van der Waals surface area contributed by atoms with Gasteiger partial charge in [0.2, 0.25) is 5.91 Å². The molecule has 2 aromatic heterocycles. The van der Waals surface area contributed by atoms with E-state index >= 15 is 0 Å². The van der Waals surface area contributed by atoms with Gasteiger partial charge in [-0.1, -0.05) is 12.1 Å². The third kappa shape index (κ3) is 3.41. The summed E-state index contributed by atoms with van der Waals surface area (Å²) in [6, 6.07) is 9.74. The molecule has 0 unspecified atom stereocenters. The Morgan fingerprint density at radius 1 is 1.28 bits per heavy atom. The SMILES string of the molecule is O=C(CCn1nc(-c2cccs2)oc1=O)Nc1ccc2c(c1)CCC2. The molecule has 0 saturated carbocycles. The molecule has 0 aliphatic heterocycles. The lowest BCUT2D eigenvalue weighted by Crippen LogP contribution is -2.21. The Bertz CT molecular complexity index is 956. The summed E-state index contributed by atoms with van der Waals surface area (Å²) in [5, 5.41) is 8.92. The first-order valence-electron chi connectivity index (χ1n) is 8.22. The molecule has 0 radical (unpaired) electrons. The fraction of sp³-hybridized carbons (Fsp3) is 0.278. The first-order chi connectivity index (χ1) is 12.2. The molecule has 0 atom stereocenters. The fourth-order valence-corrected chi connectivity index (χ4v) is 3.67. The average molecular weight is 355 g/mol. The number of fused-ring (bicyclic) bond motifs is 1. The van der Waals surface area contributed by atoms with E-state index in [1.165, 1.54) is 33.6 Å². The number of amides is 1. The second kappa shape index (κ2) is 6.68. The van der Waals surface area contributed by atoms with Gasteiger partial charge in [0.05, 0.1) is 11.4 Å². The fourth-order valence-electron chi connectivity index (χ4n) is 3.03. The molecule has 1 aliphatic rings. The van der Waals surface area contributed by atoms with Crippen LogP contribution in [0.5, 0.6) is 0 Å². The van der Waals surface area contributed by atoms with Gasteiger partial charge < -0.3 is 9.73 Å². The molecule has 7 heteroatoms. The van der Waals surface area contributed by atoms with E-state index in [-0.39, 0.29) is 18.9 Å². The van der Waals surface area contributed by atoms with Gasteiger partial charge in [0.15, 0.2) is 0 Å². The van der Waals surface area contributed by atoms with Crippen molar-refractivity contribution in [3.63, 3.8) is 0 Å².